The Balaban J connectivity index is 2.43. The molecule has 0 aliphatic rings. The van der Waals surface area contributed by atoms with Crippen molar-refractivity contribution in [2.24, 2.45) is 0 Å². The smallest absolute Gasteiger partial charge is 0.201 e. The Labute approximate surface area is 112 Å². The highest BCUT2D eigenvalue weighted by atomic mass is 15.2. The fraction of sp³-hybridized carbons (Fsp3) is 0.333. The molecule has 0 unspecified atom stereocenters. The number of anilines is 1. The van der Waals surface area contributed by atoms with Crippen molar-refractivity contribution in [3.05, 3.63) is 30.5 Å². The molecule has 3 aromatic rings. The van der Waals surface area contributed by atoms with Gasteiger partial charge in [0.15, 0.2) is 0 Å². The van der Waals surface area contributed by atoms with Gasteiger partial charge in [0.25, 0.3) is 0 Å². The number of nitrogens with two attached hydrogens (primary N) is 1. The van der Waals surface area contributed by atoms with Crippen LogP contribution in [0.15, 0.2) is 30.5 Å². The van der Waals surface area contributed by atoms with Gasteiger partial charge in [0.1, 0.15) is 5.52 Å². The standard InChI is InChI=1S/C15H18N4/c1-3-10(4-2)19-14-11-7-5-6-8-12(11)17-9-13(14)18-15(19)16/h5-10H,3-4H2,1-2H3,(H2,16,18). The van der Waals surface area contributed by atoms with E-state index in [9.17, 15) is 0 Å². The van der Waals surface area contributed by atoms with Crippen LogP contribution in [-0.4, -0.2) is 14.5 Å². The zero-order valence-electron chi connectivity index (χ0n) is 11.3. The number of nitrogen functional groups attached to an aromatic ring is 1. The number of para-hydroxylation sites is 1. The number of rotatable bonds is 3. The molecule has 19 heavy (non-hydrogen) atoms. The first kappa shape index (κ1) is 12.0. The van der Waals surface area contributed by atoms with Crippen molar-refractivity contribution in [3.63, 3.8) is 0 Å². The maximum atomic E-state index is 6.12. The second kappa shape index (κ2) is 4.53. The van der Waals surface area contributed by atoms with E-state index in [4.69, 9.17) is 5.73 Å². The van der Waals surface area contributed by atoms with E-state index in [0.717, 1.165) is 34.8 Å². The van der Waals surface area contributed by atoms with Crippen molar-refractivity contribution in [1.82, 2.24) is 14.5 Å². The molecule has 0 amide bonds. The van der Waals surface area contributed by atoms with Crippen molar-refractivity contribution in [3.8, 4) is 0 Å². The van der Waals surface area contributed by atoms with Crippen molar-refractivity contribution < 1.29 is 0 Å². The molecule has 0 aliphatic carbocycles. The average Bonchev–Trinajstić information content (AvgIpc) is 2.78. The molecule has 0 atom stereocenters. The number of nitrogens with zero attached hydrogens (tertiary/aromatic N) is 3. The van der Waals surface area contributed by atoms with Gasteiger partial charge in [-0.3, -0.25) is 4.98 Å². The summed E-state index contributed by atoms with van der Waals surface area (Å²) in [5.41, 5.74) is 9.09. The van der Waals surface area contributed by atoms with E-state index in [1.54, 1.807) is 0 Å². The fourth-order valence-corrected chi connectivity index (χ4v) is 2.77. The second-order valence-electron chi connectivity index (χ2n) is 4.82. The fourth-order valence-electron chi connectivity index (χ4n) is 2.77. The van der Waals surface area contributed by atoms with Crippen LogP contribution in [0.3, 0.4) is 0 Å². The molecule has 2 heterocycles. The van der Waals surface area contributed by atoms with Gasteiger partial charge in [-0.2, -0.15) is 0 Å². The van der Waals surface area contributed by atoms with Crippen molar-refractivity contribution in [2.45, 2.75) is 32.7 Å². The summed E-state index contributed by atoms with van der Waals surface area (Å²) in [4.78, 5) is 8.90. The van der Waals surface area contributed by atoms with E-state index >= 15 is 0 Å². The molecule has 2 N–H and O–H groups in total. The van der Waals surface area contributed by atoms with E-state index in [2.05, 4.69) is 34.4 Å². The Morgan fingerprint density at radius 2 is 1.89 bits per heavy atom. The van der Waals surface area contributed by atoms with Gasteiger partial charge in [-0.1, -0.05) is 32.0 Å². The van der Waals surface area contributed by atoms with Crippen LogP contribution >= 0.6 is 0 Å². The SMILES string of the molecule is CCC(CC)n1c(N)nc2cnc3ccccc3c21. The highest BCUT2D eigenvalue weighted by molar-refractivity contribution is 6.03. The van der Waals surface area contributed by atoms with Gasteiger partial charge < -0.3 is 10.3 Å². The lowest BCUT2D eigenvalue weighted by atomic mass is 10.1. The van der Waals surface area contributed by atoms with Crippen molar-refractivity contribution >= 4 is 27.9 Å². The number of aromatic nitrogens is 3. The summed E-state index contributed by atoms with van der Waals surface area (Å²) in [6.07, 6.45) is 3.90. The first-order chi connectivity index (χ1) is 9.26. The molecule has 98 valence electrons. The van der Waals surface area contributed by atoms with Gasteiger partial charge >= 0.3 is 0 Å². The summed E-state index contributed by atoms with van der Waals surface area (Å²) in [6, 6.07) is 8.53. The third-order valence-corrected chi connectivity index (χ3v) is 3.76. The minimum absolute atomic E-state index is 0.385. The minimum Gasteiger partial charge on any atom is -0.369 e. The van der Waals surface area contributed by atoms with Crippen LogP contribution in [0.2, 0.25) is 0 Å². The molecule has 2 aromatic heterocycles. The lowest BCUT2D eigenvalue weighted by Crippen LogP contribution is -2.10. The van der Waals surface area contributed by atoms with Crippen LogP contribution in [0, 0.1) is 0 Å². The van der Waals surface area contributed by atoms with Crippen molar-refractivity contribution in [1.29, 1.82) is 0 Å². The number of benzene rings is 1. The Hall–Kier alpha value is -2.10. The number of fused-ring (bicyclic) bond motifs is 3. The van der Waals surface area contributed by atoms with Crippen LogP contribution in [0.5, 0.6) is 0 Å². The Kier molecular flexibility index (Phi) is 2.85. The van der Waals surface area contributed by atoms with Gasteiger partial charge in [-0.25, -0.2) is 4.98 Å². The van der Waals surface area contributed by atoms with Gasteiger partial charge in [-0.15, -0.1) is 0 Å². The Morgan fingerprint density at radius 3 is 2.63 bits per heavy atom. The Morgan fingerprint density at radius 1 is 1.16 bits per heavy atom. The largest absolute Gasteiger partial charge is 0.369 e. The summed E-state index contributed by atoms with van der Waals surface area (Å²) in [5, 5.41) is 1.12. The highest BCUT2D eigenvalue weighted by Crippen LogP contribution is 2.30. The van der Waals surface area contributed by atoms with Gasteiger partial charge in [-0.05, 0) is 18.9 Å². The van der Waals surface area contributed by atoms with Crippen LogP contribution in [-0.2, 0) is 0 Å². The monoisotopic (exact) mass is 254 g/mol. The molecular weight excluding hydrogens is 236 g/mol. The summed E-state index contributed by atoms with van der Waals surface area (Å²) < 4.78 is 2.17. The van der Waals surface area contributed by atoms with Gasteiger partial charge in [0, 0.05) is 11.4 Å². The lowest BCUT2D eigenvalue weighted by Gasteiger charge is -2.17. The molecule has 3 rings (SSSR count). The molecule has 0 saturated heterocycles. The summed E-state index contributed by atoms with van der Waals surface area (Å²) in [5.74, 6) is 0.585. The predicted octanol–water partition coefficient (Wildman–Crippen LogP) is 3.53. The number of pyridine rings is 1. The average molecular weight is 254 g/mol. The topological polar surface area (TPSA) is 56.7 Å². The predicted molar refractivity (Wildman–Crippen MR) is 79.1 cm³/mol. The molecule has 4 nitrogen and oxygen atoms in total. The molecule has 1 aromatic carbocycles. The normalized spacial score (nSPS) is 11.7. The molecular formula is C15H18N4. The molecule has 0 radical (unpaired) electrons. The van der Waals surface area contributed by atoms with E-state index in [-0.39, 0.29) is 0 Å². The second-order valence-corrected chi connectivity index (χ2v) is 4.82. The van der Waals surface area contributed by atoms with Gasteiger partial charge in [0.2, 0.25) is 5.95 Å². The van der Waals surface area contributed by atoms with E-state index < -0.39 is 0 Å². The van der Waals surface area contributed by atoms with Crippen LogP contribution in [0.1, 0.15) is 32.7 Å². The summed E-state index contributed by atoms with van der Waals surface area (Å²) in [6.45, 7) is 4.37. The molecule has 4 heteroatoms. The molecule has 0 aliphatic heterocycles. The quantitative estimate of drug-likeness (QED) is 0.778. The van der Waals surface area contributed by atoms with Crippen LogP contribution < -0.4 is 5.73 Å². The maximum absolute atomic E-state index is 6.12. The first-order valence-electron chi connectivity index (χ1n) is 6.77. The number of hydrogen-bond acceptors (Lipinski definition) is 3. The van der Waals surface area contributed by atoms with Crippen molar-refractivity contribution in [2.75, 3.05) is 5.73 Å². The summed E-state index contributed by atoms with van der Waals surface area (Å²) in [7, 11) is 0. The Bertz CT molecular complexity index is 725. The maximum Gasteiger partial charge on any atom is 0.201 e. The number of imidazole rings is 1. The third kappa shape index (κ3) is 1.75. The first-order valence-corrected chi connectivity index (χ1v) is 6.77. The molecule has 0 saturated carbocycles. The van der Waals surface area contributed by atoms with Gasteiger partial charge in [0.05, 0.1) is 17.2 Å². The zero-order chi connectivity index (χ0) is 13.4. The zero-order valence-corrected chi connectivity index (χ0v) is 11.3. The summed E-state index contributed by atoms with van der Waals surface area (Å²) >= 11 is 0. The van der Waals surface area contributed by atoms with E-state index in [1.165, 1.54) is 0 Å². The minimum atomic E-state index is 0.385. The molecule has 0 bridgehead atoms. The number of hydrogen-bond donors (Lipinski definition) is 1. The van der Waals surface area contributed by atoms with Crippen LogP contribution in [0.25, 0.3) is 21.9 Å². The highest BCUT2D eigenvalue weighted by Gasteiger charge is 2.17. The molecule has 0 spiro atoms. The van der Waals surface area contributed by atoms with E-state index in [0.29, 0.717) is 12.0 Å². The van der Waals surface area contributed by atoms with E-state index in [1.807, 2.05) is 24.4 Å². The molecule has 0 fully saturated rings. The van der Waals surface area contributed by atoms with Crippen LogP contribution in [0.4, 0.5) is 5.95 Å². The third-order valence-electron chi connectivity index (χ3n) is 3.76. The lowest BCUT2D eigenvalue weighted by molar-refractivity contribution is 0.490.